The van der Waals surface area contributed by atoms with Gasteiger partial charge < -0.3 is 4.74 Å². The van der Waals surface area contributed by atoms with Crippen LogP contribution in [0, 0.1) is 0 Å². The number of halogens is 2. The molecule has 1 unspecified atom stereocenters. The summed E-state index contributed by atoms with van der Waals surface area (Å²) >= 11 is 12.8. The average Bonchev–Trinajstić information content (AvgIpc) is 2.71. The van der Waals surface area contributed by atoms with Gasteiger partial charge in [0.2, 0.25) is 0 Å². The number of methoxy groups -OCH3 is 1. The molecule has 0 aromatic heterocycles. The summed E-state index contributed by atoms with van der Waals surface area (Å²) in [5, 5.41) is 0.521. The van der Waals surface area contributed by atoms with E-state index in [1.165, 1.54) is 16.7 Å². The van der Waals surface area contributed by atoms with Crippen molar-refractivity contribution in [3.05, 3.63) is 71.4 Å². The third kappa shape index (κ3) is 4.92. The molecule has 0 amide bonds. The predicted octanol–water partition coefficient (Wildman–Crippen LogP) is 6.33. The third-order valence-corrected chi connectivity index (χ3v) is 5.34. The minimum absolute atomic E-state index is 0.318. The molecule has 1 heterocycles. The lowest BCUT2D eigenvalue weighted by atomic mass is 10.0. The van der Waals surface area contributed by atoms with Gasteiger partial charge in [0.15, 0.2) is 6.17 Å². The van der Waals surface area contributed by atoms with Crippen molar-refractivity contribution in [1.82, 2.24) is 4.42 Å². The van der Waals surface area contributed by atoms with E-state index in [4.69, 9.17) is 28.1 Å². The monoisotopic (exact) mass is 402 g/mol. The third-order valence-electron chi connectivity index (χ3n) is 4.71. The first-order chi connectivity index (χ1) is 13.1. The molecule has 0 radical (unpaired) electrons. The first-order valence-corrected chi connectivity index (χ1v) is 9.90. The van der Waals surface area contributed by atoms with Crippen LogP contribution in [-0.4, -0.2) is 23.3 Å². The van der Waals surface area contributed by atoms with Crippen LogP contribution in [0.4, 0.5) is 0 Å². The molecule has 27 heavy (non-hydrogen) atoms. The minimum atomic E-state index is -0.318. The highest BCUT2D eigenvalue weighted by Crippen LogP contribution is 2.33. The molecule has 0 aliphatic carbocycles. The number of aliphatic imine (C=N–C) groups is 1. The van der Waals surface area contributed by atoms with E-state index in [1.54, 1.807) is 11.5 Å². The lowest BCUT2D eigenvalue weighted by Gasteiger charge is -2.26. The molecule has 0 bridgehead atoms. The molecule has 1 aliphatic rings. The Labute approximate surface area is 171 Å². The number of allylic oxidation sites excluding steroid dienone is 1. The first-order valence-electron chi connectivity index (χ1n) is 9.19. The topological polar surface area (TPSA) is 24.8 Å². The van der Waals surface area contributed by atoms with E-state index < -0.39 is 0 Å². The molecule has 0 saturated carbocycles. The summed E-state index contributed by atoms with van der Waals surface area (Å²) in [4.78, 5) is 4.59. The predicted molar refractivity (Wildman–Crippen MR) is 114 cm³/mol. The Morgan fingerprint density at radius 1 is 1.04 bits per heavy atom. The van der Waals surface area contributed by atoms with Crippen LogP contribution in [0.25, 0.3) is 11.1 Å². The molecule has 0 spiro atoms. The number of rotatable bonds is 7. The van der Waals surface area contributed by atoms with Gasteiger partial charge in [0.05, 0.1) is 0 Å². The second-order valence-corrected chi connectivity index (χ2v) is 7.31. The Morgan fingerprint density at radius 3 is 2.26 bits per heavy atom. The molecule has 3 rings (SSSR count). The number of ether oxygens (including phenoxy) is 1. The fourth-order valence-corrected chi connectivity index (χ4v) is 3.60. The van der Waals surface area contributed by atoms with Gasteiger partial charge in [-0.1, -0.05) is 67.1 Å². The summed E-state index contributed by atoms with van der Waals surface area (Å²) in [5.74, 6) is 0. The standard InChI is InChI=1S/C22H24Cl2N2O/c1-3-16-6-8-17(9-7-16)18-10-12-19(13-11-18)22-25-21(23)20(15-26(22)24)5-4-14-27-2/h6-13,15,22H,3-5,14H2,1-2H3. The van der Waals surface area contributed by atoms with Crippen LogP contribution in [0.15, 0.2) is 65.3 Å². The molecule has 0 N–H and O–H groups in total. The molecule has 1 atom stereocenters. The van der Waals surface area contributed by atoms with Crippen LogP contribution >= 0.6 is 23.4 Å². The molecule has 1 aliphatic heterocycles. The Hall–Kier alpha value is -1.81. The van der Waals surface area contributed by atoms with E-state index in [1.807, 2.05) is 6.20 Å². The first kappa shape index (κ1) is 19.9. The van der Waals surface area contributed by atoms with Crippen molar-refractivity contribution in [3.8, 4) is 11.1 Å². The second-order valence-electron chi connectivity index (χ2n) is 6.56. The van der Waals surface area contributed by atoms with E-state index in [0.717, 1.165) is 30.4 Å². The Kier molecular flexibility index (Phi) is 6.95. The lowest BCUT2D eigenvalue weighted by molar-refractivity contribution is 0.195. The lowest BCUT2D eigenvalue weighted by Crippen LogP contribution is -2.20. The van der Waals surface area contributed by atoms with Gasteiger partial charge in [-0.05, 0) is 41.5 Å². The van der Waals surface area contributed by atoms with Crippen molar-refractivity contribution in [2.24, 2.45) is 4.99 Å². The maximum atomic E-state index is 6.44. The molecule has 2 aromatic carbocycles. The van der Waals surface area contributed by atoms with Gasteiger partial charge in [0.25, 0.3) is 0 Å². The van der Waals surface area contributed by atoms with Crippen molar-refractivity contribution >= 4 is 28.5 Å². The second kappa shape index (κ2) is 9.41. The summed E-state index contributed by atoms with van der Waals surface area (Å²) in [6.45, 7) is 2.85. The van der Waals surface area contributed by atoms with Crippen molar-refractivity contribution in [2.45, 2.75) is 32.4 Å². The Bertz CT molecular complexity index is 813. The molecule has 3 nitrogen and oxygen atoms in total. The number of hydrogen-bond acceptors (Lipinski definition) is 3. The van der Waals surface area contributed by atoms with E-state index in [9.17, 15) is 0 Å². The number of benzene rings is 2. The molecule has 0 saturated heterocycles. The van der Waals surface area contributed by atoms with Gasteiger partial charge in [-0.15, -0.1) is 0 Å². The average molecular weight is 403 g/mol. The zero-order chi connectivity index (χ0) is 19.2. The highest BCUT2D eigenvalue weighted by Gasteiger charge is 2.23. The van der Waals surface area contributed by atoms with Crippen LogP contribution in [0.1, 0.15) is 37.1 Å². The molecular weight excluding hydrogens is 379 g/mol. The molecule has 0 fully saturated rings. The maximum Gasteiger partial charge on any atom is 0.162 e. The van der Waals surface area contributed by atoms with Crippen molar-refractivity contribution in [2.75, 3.05) is 13.7 Å². The number of aryl methyl sites for hydroxylation is 1. The summed E-state index contributed by atoms with van der Waals surface area (Å²) in [7, 11) is 1.69. The van der Waals surface area contributed by atoms with Gasteiger partial charge in [-0.2, -0.15) is 0 Å². The van der Waals surface area contributed by atoms with Crippen LogP contribution in [-0.2, 0) is 11.2 Å². The highest BCUT2D eigenvalue weighted by atomic mass is 35.5. The molecular formula is C22H24Cl2N2O. The smallest absolute Gasteiger partial charge is 0.162 e. The zero-order valence-corrected chi connectivity index (χ0v) is 17.2. The van der Waals surface area contributed by atoms with E-state index in [0.29, 0.717) is 11.8 Å². The van der Waals surface area contributed by atoms with Gasteiger partial charge in [-0.25, -0.2) is 4.99 Å². The van der Waals surface area contributed by atoms with E-state index in [-0.39, 0.29) is 6.17 Å². The highest BCUT2D eigenvalue weighted by molar-refractivity contribution is 6.69. The van der Waals surface area contributed by atoms with E-state index >= 15 is 0 Å². The molecule has 142 valence electrons. The van der Waals surface area contributed by atoms with Gasteiger partial charge in [0.1, 0.15) is 5.17 Å². The Morgan fingerprint density at radius 2 is 1.67 bits per heavy atom. The van der Waals surface area contributed by atoms with E-state index in [2.05, 4.69) is 60.4 Å². The normalized spacial score (nSPS) is 16.9. The van der Waals surface area contributed by atoms with Crippen LogP contribution in [0.5, 0.6) is 0 Å². The van der Waals surface area contributed by atoms with Crippen molar-refractivity contribution < 1.29 is 4.74 Å². The van der Waals surface area contributed by atoms with Crippen molar-refractivity contribution in [1.29, 1.82) is 0 Å². The minimum Gasteiger partial charge on any atom is -0.385 e. The fraction of sp³-hybridized carbons (Fsp3) is 0.318. The van der Waals surface area contributed by atoms with Gasteiger partial charge in [-0.3, -0.25) is 4.42 Å². The fourth-order valence-electron chi connectivity index (χ4n) is 3.09. The van der Waals surface area contributed by atoms with Crippen molar-refractivity contribution in [3.63, 3.8) is 0 Å². The largest absolute Gasteiger partial charge is 0.385 e. The Balaban J connectivity index is 1.73. The molecule has 2 aromatic rings. The summed E-state index contributed by atoms with van der Waals surface area (Å²) < 4.78 is 6.69. The zero-order valence-electron chi connectivity index (χ0n) is 15.7. The number of hydrogen-bond donors (Lipinski definition) is 0. The quantitative estimate of drug-likeness (QED) is 0.399. The van der Waals surface area contributed by atoms with Crippen LogP contribution in [0.3, 0.4) is 0 Å². The maximum absolute atomic E-state index is 6.44. The summed E-state index contributed by atoms with van der Waals surface area (Å²) in [6, 6.07) is 17.0. The number of nitrogens with zero attached hydrogens (tertiary/aromatic N) is 2. The summed E-state index contributed by atoms with van der Waals surface area (Å²) in [5.41, 5.74) is 5.65. The molecule has 5 heteroatoms. The SMILES string of the molecule is CCc1ccc(-c2ccc(C3N=C(Cl)C(CCCOC)=CN3Cl)cc2)cc1. The van der Waals surface area contributed by atoms with Crippen LogP contribution in [0.2, 0.25) is 0 Å². The van der Waals surface area contributed by atoms with Gasteiger partial charge in [0, 0.05) is 37.3 Å². The van der Waals surface area contributed by atoms with Gasteiger partial charge >= 0.3 is 0 Å². The summed E-state index contributed by atoms with van der Waals surface area (Å²) in [6.07, 6.45) is 4.27. The van der Waals surface area contributed by atoms with Crippen LogP contribution < -0.4 is 0 Å².